The number of hydrogen-bond acceptors (Lipinski definition) is 5. The predicted octanol–water partition coefficient (Wildman–Crippen LogP) is 4.59. The molecule has 0 saturated carbocycles. The van der Waals surface area contributed by atoms with Gasteiger partial charge in [-0.15, -0.1) is 0 Å². The number of aromatic nitrogens is 1. The van der Waals surface area contributed by atoms with Crippen molar-refractivity contribution in [2.24, 2.45) is 0 Å². The van der Waals surface area contributed by atoms with Crippen molar-refractivity contribution in [1.29, 1.82) is 0 Å². The van der Waals surface area contributed by atoms with Gasteiger partial charge >= 0.3 is 5.63 Å². The van der Waals surface area contributed by atoms with E-state index >= 15 is 0 Å². The van der Waals surface area contributed by atoms with E-state index in [1.807, 2.05) is 74.5 Å². The number of nitrogens with one attached hydrogen (secondary N) is 1. The monoisotopic (exact) mass is 466 g/mol. The molecule has 1 amide bonds. The van der Waals surface area contributed by atoms with Crippen molar-refractivity contribution in [3.8, 4) is 11.8 Å². The van der Waals surface area contributed by atoms with Gasteiger partial charge in [0.15, 0.2) is 0 Å². The molecule has 176 valence electrons. The van der Waals surface area contributed by atoms with Crippen LogP contribution in [0.25, 0.3) is 10.8 Å². The Labute approximate surface area is 203 Å². The fourth-order valence-corrected chi connectivity index (χ4v) is 4.05. The van der Waals surface area contributed by atoms with E-state index in [1.54, 1.807) is 25.1 Å². The van der Waals surface area contributed by atoms with Crippen LogP contribution in [0.4, 0.5) is 5.69 Å². The third-order valence-electron chi connectivity index (χ3n) is 5.97. The molecule has 1 unspecified atom stereocenters. The van der Waals surface area contributed by atoms with Crippen LogP contribution in [0.2, 0.25) is 0 Å². The van der Waals surface area contributed by atoms with Crippen LogP contribution in [0.15, 0.2) is 88.2 Å². The van der Waals surface area contributed by atoms with Crippen LogP contribution in [0.3, 0.4) is 0 Å². The third-order valence-corrected chi connectivity index (χ3v) is 5.97. The zero-order valence-electron chi connectivity index (χ0n) is 19.8. The molecule has 4 aromatic rings. The topological polar surface area (TPSA) is 92.4 Å². The van der Waals surface area contributed by atoms with Crippen LogP contribution in [0.1, 0.15) is 37.1 Å². The highest BCUT2D eigenvalue weighted by atomic mass is 16.5. The second kappa shape index (κ2) is 9.57. The first-order valence-electron chi connectivity index (χ1n) is 11.3. The molecule has 1 aromatic heterocycles. The molecule has 0 spiro atoms. The van der Waals surface area contributed by atoms with Crippen molar-refractivity contribution in [2.45, 2.75) is 38.2 Å². The van der Waals surface area contributed by atoms with Gasteiger partial charge in [-0.3, -0.25) is 4.79 Å². The SMILES string of the molecule is Cc1noc(=O)c2ccc(NC(=O)C(O)(C#Cc3ccccc3)CC(C)(C)c3ccccc3)cc12. The van der Waals surface area contributed by atoms with Crippen molar-refractivity contribution in [1.82, 2.24) is 5.16 Å². The number of aryl methyl sites for hydroxylation is 1. The van der Waals surface area contributed by atoms with Gasteiger partial charge in [-0.25, -0.2) is 4.79 Å². The third kappa shape index (κ3) is 5.32. The Balaban J connectivity index is 1.71. The van der Waals surface area contributed by atoms with Crippen LogP contribution in [0, 0.1) is 18.8 Å². The van der Waals surface area contributed by atoms with Gasteiger partial charge in [-0.1, -0.05) is 79.4 Å². The number of carbonyl (C=O) groups is 1. The van der Waals surface area contributed by atoms with E-state index < -0.39 is 22.5 Å². The van der Waals surface area contributed by atoms with Crippen molar-refractivity contribution in [2.75, 3.05) is 5.32 Å². The largest absolute Gasteiger partial charge is 0.369 e. The fraction of sp³-hybridized carbons (Fsp3) is 0.207. The molecule has 0 radical (unpaired) electrons. The van der Waals surface area contributed by atoms with Crippen LogP contribution in [-0.2, 0) is 10.2 Å². The summed E-state index contributed by atoms with van der Waals surface area (Å²) >= 11 is 0. The summed E-state index contributed by atoms with van der Waals surface area (Å²) in [5.41, 5.74) is -0.509. The minimum absolute atomic E-state index is 0.0629. The zero-order chi connectivity index (χ0) is 25.1. The Hall–Kier alpha value is -4.21. The number of amides is 1. The average molecular weight is 467 g/mol. The van der Waals surface area contributed by atoms with Crippen molar-refractivity contribution >= 4 is 22.4 Å². The summed E-state index contributed by atoms with van der Waals surface area (Å²) in [4.78, 5) is 25.5. The molecule has 0 aliphatic carbocycles. The molecular weight excluding hydrogens is 440 g/mol. The molecule has 35 heavy (non-hydrogen) atoms. The number of rotatable bonds is 5. The molecule has 1 heterocycles. The number of benzene rings is 3. The first-order chi connectivity index (χ1) is 16.7. The normalized spacial score (nSPS) is 12.9. The summed E-state index contributed by atoms with van der Waals surface area (Å²) in [5, 5.41) is 19.1. The fourth-order valence-electron chi connectivity index (χ4n) is 4.05. The van der Waals surface area contributed by atoms with Crippen LogP contribution >= 0.6 is 0 Å². The lowest BCUT2D eigenvalue weighted by atomic mass is 9.75. The van der Waals surface area contributed by atoms with Crippen LogP contribution < -0.4 is 10.9 Å². The number of carbonyl (C=O) groups excluding carboxylic acids is 1. The molecule has 0 aliphatic heterocycles. The van der Waals surface area contributed by atoms with Gasteiger partial charge in [0, 0.05) is 23.1 Å². The lowest BCUT2D eigenvalue weighted by molar-refractivity contribution is -0.130. The molecule has 0 bridgehead atoms. The van der Waals surface area contributed by atoms with E-state index in [2.05, 4.69) is 22.3 Å². The Morgan fingerprint density at radius 1 is 1.00 bits per heavy atom. The van der Waals surface area contributed by atoms with E-state index in [1.165, 1.54) is 0 Å². The summed E-state index contributed by atoms with van der Waals surface area (Å²) in [7, 11) is 0. The molecule has 1 atom stereocenters. The Morgan fingerprint density at radius 2 is 1.66 bits per heavy atom. The number of nitrogens with zero attached hydrogens (tertiary/aromatic N) is 1. The molecular formula is C29H26N2O4. The van der Waals surface area contributed by atoms with Crippen molar-refractivity contribution in [3.63, 3.8) is 0 Å². The first-order valence-corrected chi connectivity index (χ1v) is 11.3. The highest BCUT2D eigenvalue weighted by Gasteiger charge is 2.41. The molecule has 2 N–H and O–H groups in total. The molecule has 0 aliphatic rings. The zero-order valence-corrected chi connectivity index (χ0v) is 19.8. The van der Waals surface area contributed by atoms with Crippen molar-refractivity contribution < 1.29 is 14.4 Å². The average Bonchev–Trinajstić information content (AvgIpc) is 2.86. The maximum Gasteiger partial charge on any atom is 0.366 e. The van der Waals surface area contributed by atoms with Gasteiger partial charge < -0.3 is 14.9 Å². The summed E-state index contributed by atoms with van der Waals surface area (Å²) in [6.07, 6.45) is 0.0629. The summed E-state index contributed by atoms with van der Waals surface area (Å²) in [5.74, 6) is 5.13. The van der Waals surface area contributed by atoms with Gasteiger partial charge in [0.05, 0.1) is 11.1 Å². The van der Waals surface area contributed by atoms with E-state index in [4.69, 9.17) is 4.52 Å². The second-order valence-electron chi connectivity index (χ2n) is 9.17. The smallest absolute Gasteiger partial charge is 0.366 e. The van der Waals surface area contributed by atoms with Gasteiger partial charge in [-0.05, 0) is 48.2 Å². The summed E-state index contributed by atoms with van der Waals surface area (Å²) < 4.78 is 4.77. The molecule has 6 nitrogen and oxygen atoms in total. The summed E-state index contributed by atoms with van der Waals surface area (Å²) in [6.45, 7) is 5.64. The number of fused-ring (bicyclic) bond motifs is 1. The van der Waals surface area contributed by atoms with E-state index in [0.717, 1.165) is 5.56 Å². The number of aliphatic hydroxyl groups is 1. The quantitative estimate of drug-likeness (QED) is 0.420. The Kier molecular flexibility index (Phi) is 6.54. The first kappa shape index (κ1) is 23.9. The minimum Gasteiger partial charge on any atom is -0.369 e. The lowest BCUT2D eigenvalue weighted by Gasteiger charge is -2.32. The standard InChI is InChI=1S/C29H26N2O4/c1-20-25-18-23(14-15-24(25)26(32)35-31-20)30-27(33)29(34,17-16-21-10-6-4-7-11-21)19-28(2,3)22-12-8-5-9-13-22/h4-15,18,34H,19H2,1-3H3,(H,30,33). The molecule has 0 fully saturated rings. The summed E-state index contributed by atoms with van der Waals surface area (Å²) in [6, 6.07) is 23.7. The van der Waals surface area contributed by atoms with E-state index in [0.29, 0.717) is 27.7 Å². The molecule has 6 heteroatoms. The van der Waals surface area contributed by atoms with E-state index in [-0.39, 0.29) is 6.42 Å². The van der Waals surface area contributed by atoms with Gasteiger partial charge in [0.25, 0.3) is 5.91 Å². The van der Waals surface area contributed by atoms with Gasteiger partial charge in [0.2, 0.25) is 5.60 Å². The highest BCUT2D eigenvalue weighted by molar-refractivity contribution is 6.01. The minimum atomic E-state index is -1.99. The predicted molar refractivity (Wildman–Crippen MR) is 136 cm³/mol. The van der Waals surface area contributed by atoms with Gasteiger partial charge in [-0.2, -0.15) is 0 Å². The second-order valence-corrected chi connectivity index (χ2v) is 9.17. The van der Waals surface area contributed by atoms with Gasteiger partial charge in [0.1, 0.15) is 0 Å². The maximum absolute atomic E-state index is 13.5. The lowest BCUT2D eigenvalue weighted by Crippen LogP contribution is -2.46. The Bertz CT molecular complexity index is 1480. The van der Waals surface area contributed by atoms with E-state index in [9.17, 15) is 14.7 Å². The maximum atomic E-state index is 13.5. The van der Waals surface area contributed by atoms with Crippen LogP contribution in [-0.4, -0.2) is 21.8 Å². The van der Waals surface area contributed by atoms with Crippen molar-refractivity contribution in [3.05, 3.63) is 106 Å². The Morgan fingerprint density at radius 3 is 2.34 bits per heavy atom. The number of hydrogen-bond donors (Lipinski definition) is 2. The van der Waals surface area contributed by atoms with Crippen LogP contribution in [0.5, 0.6) is 0 Å². The number of anilines is 1. The molecule has 4 rings (SSSR count). The molecule has 3 aromatic carbocycles. The highest BCUT2D eigenvalue weighted by Crippen LogP contribution is 2.33. The molecule has 0 saturated heterocycles.